The first kappa shape index (κ1) is 14.7. The van der Waals surface area contributed by atoms with Gasteiger partial charge < -0.3 is 20.1 Å². The molecule has 1 saturated heterocycles. The highest BCUT2D eigenvalue weighted by Gasteiger charge is 2.23. The van der Waals surface area contributed by atoms with Crippen molar-refractivity contribution in [2.75, 3.05) is 19.7 Å². The van der Waals surface area contributed by atoms with Crippen molar-refractivity contribution < 1.29 is 14.3 Å². The molecule has 0 bridgehead atoms. The molecule has 1 aromatic carbocycles. The summed E-state index contributed by atoms with van der Waals surface area (Å²) in [5.41, 5.74) is 2.27. The second-order valence-electron chi connectivity index (χ2n) is 5.04. The molecule has 1 heterocycles. The van der Waals surface area contributed by atoms with Crippen molar-refractivity contribution >= 4 is 6.09 Å². The molecule has 2 N–H and O–H groups in total. The Morgan fingerprint density at radius 1 is 1.55 bits per heavy atom. The molecule has 110 valence electrons. The Labute approximate surface area is 119 Å². The van der Waals surface area contributed by atoms with Crippen LogP contribution in [-0.2, 0) is 4.74 Å². The van der Waals surface area contributed by atoms with E-state index in [9.17, 15) is 4.79 Å². The molecule has 0 saturated carbocycles. The predicted molar refractivity (Wildman–Crippen MR) is 77.0 cm³/mol. The Bertz CT molecular complexity index is 476. The number of carbonyl (C=O) groups is 1. The summed E-state index contributed by atoms with van der Waals surface area (Å²) < 4.78 is 10.9. The van der Waals surface area contributed by atoms with Gasteiger partial charge in [-0.3, -0.25) is 0 Å². The molecule has 0 radical (unpaired) electrons. The maximum Gasteiger partial charge on any atom is 0.407 e. The van der Waals surface area contributed by atoms with E-state index in [-0.39, 0.29) is 18.2 Å². The fourth-order valence-corrected chi connectivity index (χ4v) is 2.25. The van der Waals surface area contributed by atoms with Crippen LogP contribution < -0.4 is 15.4 Å². The number of amides is 1. The average Bonchev–Trinajstić information content (AvgIpc) is 2.82. The summed E-state index contributed by atoms with van der Waals surface area (Å²) in [6, 6.07) is 6.40. The molecule has 2 atom stereocenters. The first-order valence-electron chi connectivity index (χ1n) is 7.01. The maximum atomic E-state index is 11.0. The summed E-state index contributed by atoms with van der Waals surface area (Å²) in [4.78, 5) is 11.0. The summed E-state index contributed by atoms with van der Waals surface area (Å²) in [7, 11) is 0. The topological polar surface area (TPSA) is 59.6 Å². The lowest BCUT2D eigenvalue weighted by Gasteiger charge is -2.19. The van der Waals surface area contributed by atoms with E-state index >= 15 is 0 Å². The van der Waals surface area contributed by atoms with E-state index in [4.69, 9.17) is 9.47 Å². The van der Waals surface area contributed by atoms with E-state index in [0.29, 0.717) is 13.2 Å². The van der Waals surface area contributed by atoms with Crippen LogP contribution >= 0.6 is 0 Å². The van der Waals surface area contributed by atoms with Crippen LogP contribution in [0.1, 0.15) is 31.0 Å². The van der Waals surface area contributed by atoms with E-state index in [1.165, 1.54) is 0 Å². The Morgan fingerprint density at radius 2 is 2.35 bits per heavy atom. The minimum absolute atomic E-state index is 0.217. The molecule has 2 rings (SSSR count). The minimum atomic E-state index is -0.371. The smallest absolute Gasteiger partial charge is 0.407 e. The van der Waals surface area contributed by atoms with Gasteiger partial charge in [-0.2, -0.15) is 0 Å². The molecule has 1 aromatic rings. The van der Waals surface area contributed by atoms with E-state index in [1.807, 2.05) is 13.0 Å². The molecular weight excluding hydrogens is 256 g/mol. The quantitative estimate of drug-likeness (QED) is 0.837. The largest absolute Gasteiger partial charge is 0.489 e. The van der Waals surface area contributed by atoms with Crippen LogP contribution in [-0.4, -0.2) is 31.9 Å². The number of hydrogen-bond acceptors (Lipinski definition) is 4. The molecule has 20 heavy (non-hydrogen) atoms. The summed E-state index contributed by atoms with van der Waals surface area (Å²) in [5, 5.41) is 6.00. The zero-order valence-electron chi connectivity index (χ0n) is 12.2. The Kier molecular flexibility index (Phi) is 4.84. The van der Waals surface area contributed by atoms with Crippen LogP contribution in [0.25, 0.3) is 0 Å². The second kappa shape index (κ2) is 6.61. The Morgan fingerprint density at radius 3 is 3.00 bits per heavy atom. The van der Waals surface area contributed by atoms with Gasteiger partial charge in [0.05, 0.1) is 6.54 Å². The number of cyclic esters (lactones) is 1. The van der Waals surface area contributed by atoms with E-state index in [2.05, 4.69) is 36.6 Å². The third kappa shape index (κ3) is 3.63. The van der Waals surface area contributed by atoms with Crippen molar-refractivity contribution in [2.45, 2.75) is 32.9 Å². The summed E-state index contributed by atoms with van der Waals surface area (Å²) in [6.45, 7) is 7.99. The normalized spacial score (nSPS) is 19.4. The highest BCUT2D eigenvalue weighted by Crippen LogP contribution is 2.26. The van der Waals surface area contributed by atoms with Crippen molar-refractivity contribution in [3.05, 3.63) is 29.3 Å². The molecule has 1 aliphatic rings. The molecule has 5 heteroatoms. The highest BCUT2D eigenvalue weighted by molar-refractivity contribution is 5.69. The molecule has 5 nitrogen and oxygen atoms in total. The zero-order valence-corrected chi connectivity index (χ0v) is 12.2. The molecule has 0 spiro atoms. The van der Waals surface area contributed by atoms with Crippen LogP contribution in [0.2, 0.25) is 0 Å². The number of alkyl carbamates (subject to hydrolysis) is 1. The van der Waals surface area contributed by atoms with Gasteiger partial charge in [0.2, 0.25) is 0 Å². The van der Waals surface area contributed by atoms with Crippen molar-refractivity contribution in [1.29, 1.82) is 0 Å². The van der Waals surface area contributed by atoms with Crippen LogP contribution in [0.3, 0.4) is 0 Å². The molecule has 0 aromatic heterocycles. The molecule has 1 aliphatic heterocycles. The fourth-order valence-electron chi connectivity index (χ4n) is 2.25. The monoisotopic (exact) mass is 278 g/mol. The number of nitrogens with one attached hydrogen (secondary N) is 2. The standard InChI is InChI=1S/C15H22N2O3/c1-4-16-11(3)13-6-5-10(2)7-14(13)19-9-12-8-17-15(18)20-12/h5-7,11-12,16H,4,8-9H2,1-3H3,(H,17,18). The van der Waals surface area contributed by atoms with Crippen LogP contribution in [0.15, 0.2) is 18.2 Å². The average molecular weight is 278 g/mol. The van der Waals surface area contributed by atoms with Crippen LogP contribution in [0.5, 0.6) is 5.75 Å². The summed E-state index contributed by atoms with van der Waals surface area (Å²) in [6.07, 6.45) is -0.589. The first-order chi connectivity index (χ1) is 9.60. The number of benzene rings is 1. The van der Waals surface area contributed by atoms with Crippen molar-refractivity contribution in [3.63, 3.8) is 0 Å². The van der Waals surface area contributed by atoms with Gasteiger partial charge in [-0.25, -0.2) is 4.79 Å². The molecular formula is C15H22N2O3. The number of hydrogen-bond donors (Lipinski definition) is 2. The number of carbonyl (C=O) groups excluding carboxylic acids is 1. The lowest BCUT2D eigenvalue weighted by molar-refractivity contribution is 0.104. The second-order valence-corrected chi connectivity index (χ2v) is 5.04. The summed E-state index contributed by atoms with van der Waals surface area (Å²) in [5.74, 6) is 0.849. The van der Waals surface area contributed by atoms with E-state index in [0.717, 1.165) is 23.4 Å². The lowest BCUT2D eigenvalue weighted by Crippen LogP contribution is -2.23. The zero-order chi connectivity index (χ0) is 14.5. The number of aryl methyl sites for hydroxylation is 1. The maximum absolute atomic E-state index is 11.0. The van der Waals surface area contributed by atoms with Gasteiger partial charge >= 0.3 is 6.09 Å². The summed E-state index contributed by atoms with van der Waals surface area (Å²) >= 11 is 0. The van der Waals surface area contributed by atoms with Gasteiger partial charge in [0, 0.05) is 11.6 Å². The van der Waals surface area contributed by atoms with Crippen molar-refractivity contribution in [1.82, 2.24) is 10.6 Å². The van der Waals surface area contributed by atoms with Gasteiger partial charge in [-0.05, 0) is 32.0 Å². The molecule has 2 unspecified atom stereocenters. The SMILES string of the molecule is CCNC(C)c1ccc(C)cc1OCC1CNC(=O)O1. The van der Waals surface area contributed by atoms with Gasteiger partial charge in [-0.15, -0.1) is 0 Å². The first-order valence-corrected chi connectivity index (χ1v) is 7.01. The molecule has 1 fully saturated rings. The number of ether oxygens (including phenoxy) is 2. The van der Waals surface area contributed by atoms with Crippen molar-refractivity contribution in [3.8, 4) is 5.75 Å². The third-order valence-corrected chi connectivity index (χ3v) is 3.32. The van der Waals surface area contributed by atoms with Gasteiger partial charge in [0.15, 0.2) is 6.10 Å². The molecule has 0 aliphatic carbocycles. The van der Waals surface area contributed by atoms with E-state index in [1.54, 1.807) is 0 Å². The van der Waals surface area contributed by atoms with Gasteiger partial charge in [0.1, 0.15) is 12.4 Å². The fraction of sp³-hybridized carbons (Fsp3) is 0.533. The number of rotatable bonds is 6. The van der Waals surface area contributed by atoms with Crippen molar-refractivity contribution in [2.24, 2.45) is 0 Å². The van der Waals surface area contributed by atoms with Gasteiger partial charge in [-0.1, -0.05) is 19.1 Å². The third-order valence-electron chi connectivity index (χ3n) is 3.32. The van der Waals surface area contributed by atoms with E-state index < -0.39 is 0 Å². The highest BCUT2D eigenvalue weighted by atomic mass is 16.6. The van der Waals surface area contributed by atoms with Gasteiger partial charge in [0.25, 0.3) is 0 Å². The van der Waals surface area contributed by atoms with Crippen LogP contribution in [0, 0.1) is 6.92 Å². The molecule has 1 amide bonds. The Hall–Kier alpha value is -1.75. The Balaban J connectivity index is 2.05. The predicted octanol–water partition coefficient (Wildman–Crippen LogP) is 2.15. The minimum Gasteiger partial charge on any atom is -0.489 e. The van der Waals surface area contributed by atoms with Crippen LogP contribution in [0.4, 0.5) is 4.79 Å². The lowest BCUT2D eigenvalue weighted by atomic mass is 10.0.